The maximum Gasteiger partial charge on any atom is -0.0109 e. The molecule has 0 aromatic rings. The monoisotopic (exact) mass is 136 g/mol. The molecule has 0 saturated carbocycles. The van der Waals surface area contributed by atoms with Crippen LogP contribution in [0, 0.1) is 11.3 Å². The first-order valence-corrected chi connectivity index (χ1v) is 3.90. The predicted molar refractivity (Wildman–Crippen MR) is 45.8 cm³/mol. The smallest absolute Gasteiger partial charge is 0.0109 e. The van der Waals surface area contributed by atoms with E-state index in [-0.39, 0.29) is 0 Å². The molecule has 0 nitrogen and oxygen atoms in total. The van der Waals surface area contributed by atoms with Gasteiger partial charge in [-0.25, -0.2) is 0 Å². The van der Waals surface area contributed by atoms with E-state index in [1.54, 1.807) is 0 Å². The maximum absolute atomic E-state index is 2.29. The van der Waals surface area contributed by atoms with Gasteiger partial charge in [0.2, 0.25) is 0 Å². The molecule has 10 heavy (non-hydrogen) atoms. The van der Waals surface area contributed by atoms with E-state index < -0.39 is 0 Å². The first-order chi connectivity index (χ1) is 4.54. The van der Waals surface area contributed by atoms with E-state index in [4.69, 9.17) is 0 Å². The first kappa shape index (κ1) is 7.59. The fourth-order valence-corrected chi connectivity index (χ4v) is 1.32. The molecule has 0 N–H and O–H groups in total. The lowest BCUT2D eigenvalue weighted by Gasteiger charge is -2.31. The van der Waals surface area contributed by atoms with Gasteiger partial charge in [-0.3, -0.25) is 0 Å². The summed E-state index contributed by atoms with van der Waals surface area (Å²) in [5.41, 5.74) is 1.85. The van der Waals surface area contributed by atoms with Gasteiger partial charge in [0.15, 0.2) is 0 Å². The largest absolute Gasteiger partial charge is 0.0783 e. The summed E-state index contributed by atoms with van der Waals surface area (Å²) in [6.07, 6.45) is 6.65. The molecule has 0 aromatic carbocycles. The van der Waals surface area contributed by atoms with Gasteiger partial charge < -0.3 is 0 Å². The van der Waals surface area contributed by atoms with Crippen LogP contribution in [0.2, 0.25) is 0 Å². The lowest BCUT2D eigenvalue weighted by Crippen LogP contribution is -2.21. The van der Waals surface area contributed by atoms with Crippen LogP contribution in [0.3, 0.4) is 0 Å². The molecule has 56 valence electrons. The van der Waals surface area contributed by atoms with Crippen LogP contribution in [-0.4, -0.2) is 0 Å². The minimum atomic E-state index is 0.360. The molecule has 1 aliphatic rings. The number of hydrogen-bond acceptors (Lipinski definition) is 0. The zero-order valence-electron chi connectivity index (χ0n) is 7.31. The van der Waals surface area contributed by atoms with Gasteiger partial charge in [-0.15, -0.1) is 0 Å². The summed E-state index contributed by atoms with van der Waals surface area (Å²) in [4.78, 5) is 0. The van der Waals surface area contributed by atoms with Crippen LogP contribution in [0.4, 0.5) is 0 Å². The molecule has 0 amide bonds. The van der Waals surface area contributed by atoms with Crippen molar-refractivity contribution in [3.8, 4) is 0 Å². The zero-order chi connectivity index (χ0) is 7.78. The quantitative estimate of drug-likeness (QED) is 0.480. The van der Waals surface area contributed by atoms with Crippen molar-refractivity contribution in [2.24, 2.45) is 11.3 Å². The van der Waals surface area contributed by atoms with Crippen LogP contribution < -0.4 is 0 Å². The highest BCUT2D eigenvalue weighted by Gasteiger charge is 2.25. The Morgan fingerprint density at radius 2 is 2.00 bits per heavy atom. The summed E-state index contributed by atoms with van der Waals surface area (Å²) in [7, 11) is 0. The van der Waals surface area contributed by atoms with E-state index in [0.29, 0.717) is 11.3 Å². The molecule has 0 unspecified atom stereocenters. The van der Waals surface area contributed by atoms with E-state index in [1.165, 1.54) is 5.57 Å². The minimum absolute atomic E-state index is 0.360. The van der Waals surface area contributed by atoms with Crippen molar-refractivity contribution < 1.29 is 0 Å². The van der Waals surface area contributed by atoms with Crippen LogP contribution in [0.25, 0.3) is 0 Å². The highest BCUT2D eigenvalue weighted by atomic mass is 14.3. The molecule has 0 aliphatic heterocycles. The van der Waals surface area contributed by atoms with Gasteiger partial charge in [0.25, 0.3) is 0 Å². The Kier molecular flexibility index (Phi) is 1.72. The average Bonchev–Trinajstić information content (AvgIpc) is 1.83. The van der Waals surface area contributed by atoms with Crippen molar-refractivity contribution in [3.63, 3.8) is 0 Å². The van der Waals surface area contributed by atoms with Gasteiger partial charge in [0.1, 0.15) is 0 Å². The molecule has 0 aromatic heterocycles. The predicted octanol–water partition coefficient (Wildman–Crippen LogP) is 3.16. The zero-order valence-corrected chi connectivity index (χ0v) is 7.31. The summed E-state index contributed by atoms with van der Waals surface area (Å²) < 4.78 is 0. The third-order valence-electron chi connectivity index (χ3n) is 2.68. The second kappa shape index (κ2) is 2.26. The fraction of sp³-hybridized carbons (Fsp3) is 0.600. The van der Waals surface area contributed by atoms with Crippen LogP contribution in [-0.2, 0) is 0 Å². The van der Waals surface area contributed by atoms with Crippen molar-refractivity contribution in [3.05, 3.63) is 23.8 Å². The van der Waals surface area contributed by atoms with Gasteiger partial charge in [-0.2, -0.15) is 0 Å². The summed E-state index contributed by atoms with van der Waals surface area (Å²) in [5, 5.41) is 0. The van der Waals surface area contributed by atoms with E-state index >= 15 is 0 Å². The van der Waals surface area contributed by atoms with Gasteiger partial charge in [0, 0.05) is 0 Å². The SMILES string of the molecule is CC1=CC=CC(C)(C)[C@@H]1C. The molecule has 1 atom stereocenters. The summed E-state index contributed by atoms with van der Waals surface area (Å²) in [6, 6.07) is 0. The average molecular weight is 136 g/mol. The lowest BCUT2D eigenvalue weighted by atomic mass is 9.73. The summed E-state index contributed by atoms with van der Waals surface area (Å²) in [5.74, 6) is 0.692. The van der Waals surface area contributed by atoms with Crippen molar-refractivity contribution >= 4 is 0 Å². The third kappa shape index (κ3) is 1.16. The van der Waals surface area contributed by atoms with Crippen LogP contribution in [0.1, 0.15) is 27.7 Å². The standard InChI is InChI=1S/C10H16/c1-8-6-5-7-10(3,4)9(8)2/h5-7,9H,1-4H3/t9-/m1/s1. The number of allylic oxidation sites excluding steroid dienone is 4. The van der Waals surface area contributed by atoms with Crippen molar-refractivity contribution in [2.45, 2.75) is 27.7 Å². The van der Waals surface area contributed by atoms with Crippen molar-refractivity contribution in [1.29, 1.82) is 0 Å². The Labute approximate surface area is 63.6 Å². The molecule has 1 rings (SSSR count). The normalized spacial score (nSPS) is 30.0. The van der Waals surface area contributed by atoms with Crippen LogP contribution in [0.15, 0.2) is 23.8 Å². The summed E-state index contributed by atoms with van der Waals surface area (Å²) in [6.45, 7) is 9.06. The second-order valence-electron chi connectivity index (χ2n) is 3.81. The Balaban J connectivity index is 2.89. The van der Waals surface area contributed by atoms with Gasteiger partial charge in [-0.05, 0) is 18.3 Å². The molecule has 1 aliphatic carbocycles. The Bertz CT molecular complexity index is 182. The van der Waals surface area contributed by atoms with Gasteiger partial charge in [-0.1, -0.05) is 44.6 Å². The van der Waals surface area contributed by atoms with E-state index in [2.05, 4.69) is 45.9 Å². The Morgan fingerprint density at radius 1 is 1.40 bits per heavy atom. The Hall–Kier alpha value is -0.520. The lowest BCUT2D eigenvalue weighted by molar-refractivity contribution is 0.347. The Morgan fingerprint density at radius 3 is 2.40 bits per heavy atom. The molecule has 0 heterocycles. The number of hydrogen-bond donors (Lipinski definition) is 0. The van der Waals surface area contributed by atoms with Crippen molar-refractivity contribution in [1.82, 2.24) is 0 Å². The highest BCUT2D eigenvalue weighted by molar-refractivity contribution is 5.23. The molecule has 0 saturated heterocycles. The molecule has 0 fully saturated rings. The topological polar surface area (TPSA) is 0 Å². The van der Waals surface area contributed by atoms with E-state index in [1.807, 2.05) is 0 Å². The maximum atomic E-state index is 2.29. The summed E-state index contributed by atoms with van der Waals surface area (Å²) >= 11 is 0. The van der Waals surface area contributed by atoms with Gasteiger partial charge >= 0.3 is 0 Å². The van der Waals surface area contributed by atoms with Crippen molar-refractivity contribution in [2.75, 3.05) is 0 Å². The molecule has 0 bridgehead atoms. The van der Waals surface area contributed by atoms with E-state index in [0.717, 1.165) is 0 Å². The van der Waals surface area contributed by atoms with Gasteiger partial charge in [0.05, 0.1) is 0 Å². The second-order valence-corrected chi connectivity index (χ2v) is 3.81. The molecule has 0 radical (unpaired) electrons. The van der Waals surface area contributed by atoms with E-state index in [9.17, 15) is 0 Å². The minimum Gasteiger partial charge on any atom is -0.0783 e. The fourth-order valence-electron chi connectivity index (χ4n) is 1.32. The first-order valence-electron chi connectivity index (χ1n) is 3.90. The van der Waals surface area contributed by atoms with Crippen LogP contribution >= 0.6 is 0 Å². The van der Waals surface area contributed by atoms with Crippen LogP contribution in [0.5, 0.6) is 0 Å². The highest BCUT2D eigenvalue weighted by Crippen LogP contribution is 2.35. The molecular weight excluding hydrogens is 120 g/mol. The molecular formula is C10H16. The molecule has 0 spiro atoms. The molecule has 0 heteroatoms. The number of rotatable bonds is 0. The third-order valence-corrected chi connectivity index (χ3v) is 2.68.